The van der Waals surface area contributed by atoms with Crippen LogP contribution in [-0.2, 0) is 9.59 Å². The van der Waals surface area contributed by atoms with Crippen molar-refractivity contribution in [2.24, 2.45) is 0 Å². The number of aliphatic carboxylic acids is 1. The lowest BCUT2D eigenvalue weighted by molar-refractivity contribution is -0.156. The van der Waals surface area contributed by atoms with E-state index < -0.39 is 11.5 Å². The van der Waals surface area contributed by atoms with E-state index in [9.17, 15) is 14.7 Å². The maximum Gasteiger partial charge on any atom is 0.329 e. The molecule has 1 N–H and O–H groups in total. The summed E-state index contributed by atoms with van der Waals surface area (Å²) in [6.07, 6.45) is 1.19. The highest BCUT2D eigenvalue weighted by molar-refractivity contribution is 5.88. The van der Waals surface area contributed by atoms with Crippen LogP contribution in [0.3, 0.4) is 0 Å². The Labute approximate surface area is 124 Å². The van der Waals surface area contributed by atoms with Crippen molar-refractivity contribution in [2.45, 2.75) is 39.2 Å². The van der Waals surface area contributed by atoms with Gasteiger partial charge >= 0.3 is 5.97 Å². The van der Waals surface area contributed by atoms with Gasteiger partial charge in [-0.2, -0.15) is 0 Å². The molecule has 0 bridgehead atoms. The molecule has 0 radical (unpaired) electrons. The lowest BCUT2D eigenvalue weighted by Crippen LogP contribution is -2.52. The highest BCUT2D eigenvalue weighted by atomic mass is 16.5. The summed E-state index contributed by atoms with van der Waals surface area (Å²) in [6.45, 7) is 5.80. The fraction of sp³-hybridized carbons (Fsp3) is 0.500. The van der Waals surface area contributed by atoms with Crippen LogP contribution in [0.5, 0.6) is 5.75 Å². The molecule has 1 aromatic rings. The quantitative estimate of drug-likeness (QED) is 0.923. The third kappa shape index (κ3) is 3.01. The first kappa shape index (κ1) is 15.4. The van der Waals surface area contributed by atoms with Crippen molar-refractivity contribution in [3.8, 4) is 5.75 Å². The van der Waals surface area contributed by atoms with Gasteiger partial charge in [-0.1, -0.05) is 12.1 Å². The first-order valence-electron chi connectivity index (χ1n) is 7.08. The molecule has 5 heteroatoms. The molecule has 0 saturated carbocycles. The Morgan fingerprint density at radius 1 is 1.38 bits per heavy atom. The molecular formula is C16H21NO4. The van der Waals surface area contributed by atoms with Crippen molar-refractivity contribution in [2.75, 3.05) is 13.2 Å². The number of aryl methyl sites for hydroxylation is 2. The SMILES string of the molecule is Cc1ccc(C)c(OCC(=O)N2CCCC2(C)C(=O)O)c1. The monoisotopic (exact) mass is 291 g/mol. The number of likely N-dealkylation sites (tertiary alicyclic amines) is 1. The average Bonchev–Trinajstić information content (AvgIpc) is 2.83. The first-order valence-corrected chi connectivity index (χ1v) is 7.08. The molecule has 0 spiro atoms. The van der Waals surface area contributed by atoms with E-state index in [1.165, 1.54) is 4.90 Å². The number of hydrogen-bond donors (Lipinski definition) is 1. The molecule has 1 saturated heterocycles. The highest BCUT2D eigenvalue weighted by Crippen LogP contribution is 2.29. The molecule has 1 unspecified atom stereocenters. The summed E-state index contributed by atoms with van der Waals surface area (Å²) >= 11 is 0. The Bertz CT molecular complexity index is 569. The van der Waals surface area contributed by atoms with Gasteiger partial charge < -0.3 is 14.7 Å². The summed E-state index contributed by atoms with van der Waals surface area (Å²) < 4.78 is 5.58. The third-order valence-corrected chi connectivity index (χ3v) is 4.10. The van der Waals surface area contributed by atoms with Crippen molar-refractivity contribution in [1.29, 1.82) is 0 Å². The zero-order valence-electron chi connectivity index (χ0n) is 12.7. The Morgan fingerprint density at radius 2 is 2.10 bits per heavy atom. The maximum absolute atomic E-state index is 12.3. The smallest absolute Gasteiger partial charge is 0.329 e. The van der Waals surface area contributed by atoms with E-state index >= 15 is 0 Å². The first-order chi connectivity index (χ1) is 9.84. The molecule has 1 aliphatic rings. The van der Waals surface area contributed by atoms with Gasteiger partial charge in [0, 0.05) is 6.54 Å². The second kappa shape index (κ2) is 5.76. The number of nitrogens with zero attached hydrogens (tertiary/aromatic N) is 1. The van der Waals surface area contributed by atoms with Crippen LogP contribution in [0.1, 0.15) is 30.9 Å². The van der Waals surface area contributed by atoms with E-state index in [1.807, 2.05) is 32.0 Å². The van der Waals surface area contributed by atoms with E-state index in [0.29, 0.717) is 25.1 Å². The fourth-order valence-electron chi connectivity index (χ4n) is 2.67. The van der Waals surface area contributed by atoms with E-state index in [1.54, 1.807) is 6.92 Å². The Kier molecular flexibility index (Phi) is 4.21. The van der Waals surface area contributed by atoms with Crippen LogP contribution >= 0.6 is 0 Å². The Morgan fingerprint density at radius 3 is 2.76 bits per heavy atom. The summed E-state index contributed by atoms with van der Waals surface area (Å²) in [7, 11) is 0. The van der Waals surface area contributed by atoms with Crippen LogP contribution in [0.25, 0.3) is 0 Å². The molecule has 1 aliphatic heterocycles. The number of benzene rings is 1. The number of carbonyl (C=O) groups excluding carboxylic acids is 1. The summed E-state index contributed by atoms with van der Waals surface area (Å²) in [5, 5.41) is 9.32. The largest absolute Gasteiger partial charge is 0.483 e. The molecule has 114 valence electrons. The number of carboxylic acid groups (broad SMARTS) is 1. The molecule has 2 rings (SSSR count). The van der Waals surface area contributed by atoms with Gasteiger partial charge in [0.25, 0.3) is 5.91 Å². The van der Waals surface area contributed by atoms with Crippen LogP contribution in [0.15, 0.2) is 18.2 Å². The number of ether oxygens (including phenoxy) is 1. The van der Waals surface area contributed by atoms with E-state index in [2.05, 4.69) is 0 Å². The lowest BCUT2D eigenvalue weighted by atomic mass is 9.99. The van der Waals surface area contributed by atoms with Gasteiger partial charge in [0.15, 0.2) is 6.61 Å². The number of carboxylic acids is 1. The van der Waals surface area contributed by atoms with E-state index in [4.69, 9.17) is 4.74 Å². The van der Waals surface area contributed by atoms with Crippen LogP contribution in [0.4, 0.5) is 0 Å². The molecule has 0 aromatic heterocycles. The summed E-state index contributed by atoms with van der Waals surface area (Å²) in [4.78, 5) is 25.1. The Hall–Kier alpha value is -2.04. The topological polar surface area (TPSA) is 66.8 Å². The zero-order valence-corrected chi connectivity index (χ0v) is 12.7. The molecule has 1 aromatic carbocycles. The van der Waals surface area contributed by atoms with Gasteiger partial charge in [0.05, 0.1) is 0 Å². The van der Waals surface area contributed by atoms with Crippen LogP contribution in [0, 0.1) is 13.8 Å². The van der Waals surface area contributed by atoms with Gasteiger partial charge in [-0.25, -0.2) is 4.79 Å². The third-order valence-electron chi connectivity index (χ3n) is 4.10. The molecule has 5 nitrogen and oxygen atoms in total. The molecule has 21 heavy (non-hydrogen) atoms. The number of rotatable bonds is 4. The van der Waals surface area contributed by atoms with Gasteiger partial charge in [-0.3, -0.25) is 4.79 Å². The minimum Gasteiger partial charge on any atom is -0.483 e. The second-order valence-corrected chi connectivity index (χ2v) is 5.79. The second-order valence-electron chi connectivity index (χ2n) is 5.79. The van der Waals surface area contributed by atoms with Crippen molar-refractivity contribution >= 4 is 11.9 Å². The van der Waals surface area contributed by atoms with Crippen LogP contribution < -0.4 is 4.74 Å². The number of hydrogen-bond acceptors (Lipinski definition) is 3. The van der Waals surface area contributed by atoms with Gasteiger partial charge in [-0.15, -0.1) is 0 Å². The maximum atomic E-state index is 12.3. The van der Waals surface area contributed by atoms with E-state index in [0.717, 1.165) is 11.1 Å². The minimum atomic E-state index is -1.11. The van der Waals surface area contributed by atoms with Gasteiger partial charge in [-0.05, 0) is 50.8 Å². The molecular weight excluding hydrogens is 270 g/mol. The molecule has 1 atom stereocenters. The van der Waals surface area contributed by atoms with Crippen molar-refractivity contribution in [3.63, 3.8) is 0 Å². The predicted octanol–water partition coefficient (Wildman–Crippen LogP) is 2.15. The normalized spacial score (nSPS) is 21.4. The predicted molar refractivity (Wildman–Crippen MR) is 78.4 cm³/mol. The molecule has 1 heterocycles. The van der Waals surface area contributed by atoms with Crippen LogP contribution in [-0.4, -0.2) is 40.6 Å². The molecule has 1 fully saturated rings. The minimum absolute atomic E-state index is 0.132. The average molecular weight is 291 g/mol. The number of carbonyl (C=O) groups is 2. The lowest BCUT2D eigenvalue weighted by Gasteiger charge is -2.31. The fourth-order valence-corrected chi connectivity index (χ4v) is 2.67. The van der Waals surface area contributed by atoms with Crippen molar-refractivity contribution in [3.05, 3.63) is 29.3 Å². The summed E-state index contributed by atoms with van der Waals surface area (Å²) in [5.74, 6) is -0.571. The highest BCUT2D eigenvalue weighted by Gasteiger charge is 2.45. The Balaban J connectivity index is 2.05. The van der Waals surface area contributed by atoms with Crippen LogP contribution in [0.2, 0.25) is 0 Å². The van der Waals surface area contributed by atoms with E-state index in [-0.39, 0.29) is 12.5 Å². The standard InChI is InChI=1S/C16H21NO4/c1-11-5-6-12(2)13(9-11)21-10-14(18)17-8-4-7-16(17,3)15(19)20/h5-6,9H,4,7-8,10H2,1-3H3,(H,19,20). The molecule has 1 amide bonds. The van der Waals surface area contributed by atoms with Gasteiger partial charge in [0.2, 0.25) is 0 Å². The van der Waals surface area contributed by atoms with Gasteiger partial charge in [0.1, 0.15) is 11.3 Å². The summed E-state index contributed by atoms with van der Waals surface area (Å²) in [5.41, 5.74) is 0.901. The zero-order chi connectivity index (χ0) is 15.6. The van der Waals surface area contributed by atoms with Crippen molar-refractivity contribution < 1.29 is 19.4 Å². The molecule has 0 aliphatic carbocycles. The van der Waals surface area contributed by atoms with Crippen molar-refractivity contribution in [1.82, 2.24) is 4.90 Å². The summed E-state index contributed by atoms with van der Waals surface area (Å²) in [6, 6.07) is 5.79. The number of amides is 1.